The minimum Gasteiger partial charge on any atom is -0.301 e. The molecule has 1 aliphatic rings. The van der Waals surface area contributed by atoms with Gasteiger partial charge in [-0.2, -0.15) is 0 Å². The van der Waals surface area contributed by atoms with Gasteiger partial charge in [-0.25, -0.2) is 13.8 Å². The fourth-order valence-corrected chi connectivity index (χ4v) is 2.61. The number of hydrogen-bond acceptors (Lipinski definition) is 3. The predicted molar refractivity (Wildman–Crippen MR) is 66.5 cm³/mol. The van der Waals surface area contributed by atoms with Crippen molar-refractivity contribution in [3.63, 3.8) is 0 Å². The number of thiazole rings is 1. The summed E-state index contributed by atoms with van der Waals surface area (Å²) < 4.78 is 27.1. The largest absolute Gasteiger partial charge is 0.301 e. The lowest BCUT2D eigenvalue weighted by Gasteiger charge is -2.17. The molecule has 1 heterocycles. The van der Waals surface area contributed by atoms with Gasteiger partial charge in [-0.05, 0) is 31.0 Å². The second kappa shape index (κ2) is 4.74. The van der Waals surface area contributed by atoms with Gasteiger partial charge in [0.25, 0.3) is 0 Å². The number of nitrogens with zero attached hydrogens (tertiary/aromatic N) is 1. The van der Waals surface area contributed by atoms with Crippen molar-refractivity contribution in [3.8, 4) is 0 Å². The molecule has 0 aliphatic heterocycles. The molecule has 2 aromatic rings. The Morgan fingerprint density at radius 3 is 2.83 bits per heavy atom. The number of rotatable bonds is 4. The molecule has 18 heavy (non-hydrogen) atoms. The zero-order valence-electron chi connectivity index (χ0n) is 9.57. The molecule has 1 unspecified atom stereocenters. The molecule has 0 amide bonds. The van der Waals surface area contributed by atoms with Gasteiger partial charge in [0.05, 0.1) is 6.04 Å². The molecule has 3 rings (SSSR count). The molecular formula is C13H12F2N2S. The van der Waals surface area contributed by atoms with Crippen LogP contribution >= 0.6 is 11.3 Å². The third-order valence-electron chi connectivity index (χ3n) is 2.95. The second-order valence-corrected chi connectivity index (χ2v) is 5.34. The third-order valence-corrected chi connectivity index (χ3v) is 3.79. The molecule has 1 atom stereocenters. The highest BCUT2D eigenvalue weighted by Crippen LogP contribution is 2.31. The summed E-state index contributed by atoms with van der Waals surface area (Å²) in [7, 11) is 0. The first-order chi connectivity index (χ1) is 8.74. The summed E-state index contributed by atoms with van der Waals surface area (Å²) in [6.07, 6.45) is 3.84. The van der Waals surface area contributed by atoms with E-state index >= 15 is 0 Å². The average Bonchev–Trinajstić information content (AvgIpc) is 3.01. The molecule has 1 N–H and O–H groups in total. The van der Waals surface area contributed by atoms with Crippen molar-refractivity contribution >= 4 is 11.3 Å². The molecule has 1 fully saturated rings. The van der Waals surface area contributed by atoms with E-state index in [2.05, 4.69) is 10.3 Å². The van der Waals surface area contributed by atoms with E-state index in [0.29, 0.717) is 11.6 Å². The maximum Gasteiger partial charge on any atom is 0.128 e. The van der Waals surface area contributed by atoms with Gasteiger partial charge >= 0.3 is 0 Å². The number of halogens is 2. The fraction of sp³-hybridized carbons (Fsp3) is 0.308. The standard InChI is InChI=1S/C13H12F2N2S/c14-8-1-4-11(15)10(7-8)12(17-9-2-3-9)13-16-5-6-18-13/h1,4-7,9,12,17H,2-3H2. The van der Waals surface area contributed by atoms with Crippen LogP contribution in [-0.4, -0.2) is 11.0 Å². The summed E-state index contributed by atoms with van der Waals surface area (Å²) in [4.78, 5) is 4.21. The summed E-state index contributed by atoms with van der Waals surface area (Å²) in [6, 6.07) is 3.58. The normalized spacial score (nSPS) is 16.8. The molecule has 5 heteroatoms. The van der Waals surface area contributed by atoms with Gasteiger partial charge in [-0.15, -0.1) is 11.3 Å². The van der Waals surface area contributed by atoms with Gasteiger partial charge in [0, 0.05) is 23.2 Å². The average molecular weight is 266 g/mol. The van der Waals surface area contributed by atoms with Crippen molar-refractivity contribution in [1.29, 1.82) is 0 Å². The van der Waals surface area contributed by atoms with Crippen molar-refractivity contribution < 1.29 is 8.78 Å². The molecule has 0 saturated heterocycles. The van der Waals surface area contributed by atoms with Crippen LogP contribution in [0.25, 0.3) is 0 Å². The van der Waals surface area contributed by atoms with Gasteiger partial charge < -0.3 is 5.32 Å². The summed E-state index contributed by atoms with van der Waals surface area (Å²) in [5.41, 5.74) is 0.330. The molecule has 1 saturated carbocycles. The van der Waals surface area contributed by atoms with Crippen LogP contribution in [0.2, 0.25) is 0 Å². The van der Waals surface area contributed by atoms with Gasteiger partial charge in [-0.1, -0.05) is 0 Å². The molecule has 1 aromatic heterocycles. The SMILES string of the molecule is Fc1ccc(F)c(C(NC2CC2)c2nccs2)c1. The van der Waals surface area contributed by atoms with Gasteiger partial charge in [0.1, 0.15) is 16.6 Å². The quantitative estimate of drug-likeness (QED) is 0.918. The van der Waals surface area contributed by atoms with Crippen LogP contribution in [0.5, 0.6) is 0 Å². The Labute approximate surface area is 108 Å². The molecule has 0 radical (unpaired) electrons. The van der Waals surface area contributed by atoms with E-state index in [4.69, 9.17) is 0 Å². The van der Waals surface area contributed by atoms with Gasteiger partial charge in [0.15, 0.2) is 0 Å². The van der Waals surface area contributed by atoms with Crippen molar-refractivity contribution in [2.75, 3.05) is 0 Å². The summed E-state index contributed by atoms with van der Waals surface area (Å²) in [6.45, 7) is 0. The zero-order valence-corrected chi connectivity index (χ0v) is 10.4. The monoisotopic (exact) mass is 266 g/mol. The highest BCUT2D eigenvalue weighted by molar-refractivity contribution is 7.09. The fourth-order valence-electron chi connectivity index (χ4n) is 1.89. The van der Waals surface area contributed by atoms with E-state index in [1.54, 1.807) is 6.20 Å². The summed E-state index contributed by atoms with van der Waals surface area (Å²) in [5, 5.41) is 5.93. The lowest BCUT2D eigenvalue weighted by atomic mass is 10.1. The third kappa shape index (κ3) is 2.42. The van der Waals surface area contributed by atoms with E-state index in [1.165, 1.54) is 23.5 Å². The Morgan fingerprint density at radius 1 is 1.33 bits per heavy atom. The molecule has 94 valence electrons. The van der Waals surface area contributed by atoms with E-state index < -0.39 is 11.6 Å². The van der Waals surface area contributed by atoms with E-state index in [1.807, 2.05) is 5.38 Å². The summed E-state index contributed by atoms with van der Waals surface area (Å²) in [5.74, 6) is -0.824. The van der Waals surface area contributed by atoms with E-state index in [0.717, 1.165) is 23.9 Å². The van der Waals surface area contributed by atoms with Crippen molar-refractivity contribution in [2.24, 2.45) is 0 Å². The molecule has 0 spiro atoms. The summed E-state index contributed by atoms with van der Waals surface area (Å²) >= 11 is 1.45. The first-order valence-electron chi connectivity index (χ1n) is 5.84. The van der Waals surface area contributed by atoms with Crippen LogP contribution in [0, 0.1) is 11.6 Å². The predicted octanol–water partition coefficient (Wildman–Crippen LogP) is 3.26. The molecule has 1 aliphatic carbocycles. The highest BCUT2D eigenvalue weighted by atomic mass is 32.1. The Bertz CT molecular complexity index is 538. The molecule has 1 aromatic carbocycles. The second-order valence-electron chi connectivity index (χ2n) is 4.41. The van der Waals surface area contributed by atoms with E-state index in [-0.39, 0.29) is 6.04 Å². The van der Waals surface area contributed by atoms with E-state index in [9.17, 15) is 8.78 Å². The number of benzene rings is 1. The van der Waals surface area contributed by atoms with Crippen molar-refractivity contribution in [3.05, 3.63) is 52.0 Å². The first-order valence-corrected chi connectivity index (χ1v) is 6.72. The minimum atomic E-state index is -0.425. The topological polar surface area (TPSA) is 24.9 Å². The molecular weight excluding hydrogens is 254 g/mol. The maximum atomic E-state index is 13.9. The maximum absolute atomic E-state index is 13.9. The van der Waals surface area contributed by atoms with Crippen molar-refractivity contribution in [2.45, 2.75) is 24.9 Å². The van der Waals surface area contributed by atoms with Gasteiger partial charge in [-0.3, -0.25) is 0 Å². The Hall–Kier alpha value is -1.33. The van der Waals surface area contributed by atoms with Crippen LogP contribution in [0.1, 0.15) is 29.5 Å². The number of aromatic nitrogens is 1. The molecule has 2 nitrogen and oxygen atoms in total. The Morgan fingerprint density at radius 2 is 2.17 bits per heavy atom. The minimum absolute atomic E-state index is 0.330. The number of nitrogens with one attached hydrogen (secondary N) is 1. The van der Waals surface area contributed by atoms with Gasteiger partial charge in [0.2, 0.25) is 0 Å². The first kappa shape index (κ1) is 11.7. The Balaban J connectivity index is 1.98. The smallest absolute Gasteiger partial charge is 0.128 e. The lowest BCUT2D eigenvalue weighted by molar-refractivity contribution is 0.533. The van der Waals surface area contributed by atoms with Crippen LogP contribution in [0.3, 0.4) is 0 Å². The number of hydrogen-bond donors (Lipinski definition) is 1. The van der Waals surface area contributed by atoms with Crippen LogP contribution < -0.4 is 5.32 Å². The van der Waals surface area contributed by atoms with Crippen molar-refractivity contribution in [1.82, 2.24) is 10.3 Å². The zero-order chi connectivity index (χ0) is 12.5. The van der Waals surface area contributed by atoms with Crippen LogP contribution in [-0.2, 0) is 0 Å². The molecule has 0 bridgehead atoms. The van der Waals surface area contributed by atoms with Crippen LogP contribution in [0.4, 0.5) is 8.78 Å². The highest BCUT2D eigenvalue weighted by Gasteiger charge is 2.29. The lowest BCUT2D eigenvalue weighted by Crippen LogP contribution is -2.25. The Kier molecular flexibility index (Phi) is 3.09. The van der Waals surface area contributed by atoms with Crippen LogP contribution in [0.15, 0.2) is 29.8 Å².